The first-order valence-electron chi connectivity index (χ1n) is 5.03. The first kappa shape index (κ1) is 10.0. The van der Waals surface area contributed by atoms with Crippen LogP contribution in [-0.2, 0) is 0 Å². The molecule has 0 unspecified atom stereocenters. The Kier molecular flexibility index (Phi) is 3.53. The van der Waals surface area contributed by atoms with Crippen molar-refractivity contribution in [3.8, 4) is 0 Å². The summed E-state index contributed by atoms with van der Waals surface area (Å²) in [5.74, 6) is 0. The van der Waals surface area contributed by atoms with E-state index in [0.29, 0.717) is 0 Å². The van der Waals surface area contributed by atoms with Crippen LogP contribution in [0, 0.1) is 0 Å². The molecule has 1 aliphatic rings. The third-order valence-electron chi connectivity index (χ3n) is 2.85. The van der Waals surface area contributed by atoms with Crippen molar-refractivity contribution in [1.82, 2.24) is 4.90 Å². The van der Waals surface area contributed by atoms with Gasteiger partial charge in [0.05, 0.1) is 6.61 Å². The van der Waals surface area contributed by atoms with Crippen molar-refractivity contribution < 1.29 is 5.11 Å². The van der Waals surface area contributed by atoms with Gasteiger partial charge in [0.2, 0.25) is 0 Å². The van der Waals surface area contributed by atoms with Crippen molar-refractivity contribution in [2.45, 2.75) is 45.1 Å². The van der Waals surface area contributed by atoms with Gasteiger partial charge in [-0.25, -0.2) is 0 Å². The van der Waals surface area contributed by atoms with Crippen LogP contribution in [0.25, 0.3) is 0 Å². The van der Waals surface area contributed by atoms with Gasteiger partial charge in [0.25, 0.3) is 0 Å². The van der Waals surface area contributed by atoms with Crippen molar-refractivity contribution >= 4 is 0 Å². The highest BCUT2D eigenvalue weighted by Crippen LogP contribution is 2.19. The van der Waals surface area contributed by atoms with Crippen LogP contribution < -0.4 is 0 Å². The van der Waals surface area contributed by atoms with Crippen LogP contribution in [0.4, 0.5) is 0 Å². The third kappa shape index (κ3) is 2.46. The van der Waals surface area contributed by atoms with E-state index in [1.165, 1.54) is 25.7 Å². The highest BCUT2D eigenvalue weighted by Gasteiger charge is 2.25. The molecule has 1 heterocycles. The van der Waals surface area contributed by atoms with Gasteiger partial charge in [-0.2, -0.15) is 0 Å². The van der Waals surface area contributed by atoms with Gasteiger partial charge in [-0.1, -0.05) is 12.8 Å². The zero-order valence-electron chi connectivity index (χ0n) is 8.34. The van der Waals surface area contributed by atoms with Gasteiger partial charge in [-0.15, -0.1) is 0 Å². The van der Waals surface area contributed by atoms with Crippen molar-refractivity contribution in [2.75, 3.05) is 19.7 Å². The van der Waals surface area contributed by atoms with E-state index < -0.39 is 0 Å². The van der Waals surface area contributed by atoms with Gasteiger partial charge in [0, 0.05) is 5.54 Å². The molecule has 1 saturated heterocycles. The van der Waals surface area contributed by atoms with Crippen LogP contribution in [0.3, 0.4) is 0 Å². The van der Waals surface area contributed by atoms with Gasteiger partial charge in [-0.05, 0) is 39.8 Å². The number of hydrogen-bond acceptors (Lipinski definition) is 2. The molecule has 1 rings (SSSR count). The first-order chi connectivity index (χ1) is 5.67. The normalized spacial score (nSPS) is 22.2. The molecular formula is C10H21NO. The summed E-state index contributed by atoms with van der Waals surface area (Å²) in [7, 11) is 0. The van der Waals surface area contributed by atoms with E-state index in [1.807, 2.05) is 0 Å². The van der Waals surface area contributed by atoms with Gasteiger partial charge < -0.3 is 5.11 Å². The predicted molar refractivity (Wildman–Crippen MR) is 51.2 cm³/mol. The molecule has 1 fully saturated rings. The zero-order valence-corrected chi connectivity index (χ0v) is 8.34. The number of likely N-dealkylation sites (tertiary alicyclic amines) is 1. The van der Waals surface area contributed by atoms with Crippen LogP contribution >= 0.6 is 0 Å². The Morgan fingerprint density at radius 3 is 2.00 bits per heavy atom. The predicted octanol–water partition coefficient (Wildman–Crippen LogP) is 1.63. The minimum atomic E-state index is -0.00958. The summed E-state index contributed by atoms with van der Waals surface area (Å²) >= 11 is 0. The minimum absolute atomic E-state index is 0.00958. The lowest BCUT2D eigenvalue weighted by Gasteiger charge is -2.36. The molecule has 0 aromatic heterocycles. The molecule has 2 nitrogen and oxygen atoms in total. The fourth-order valence-corrected chi connectivity index (χ4v) is 1.78. The van der Waals surface area contributed by atoms with Gasteiger partial charge in [0.15, 0.2) is 0 Å². The fraction of sp³-hybridized carbons (Fsp3) is 1.00. The van der Waals surface area contributed by atoms with Gasteiger partial charge in [-0.3, -0.25) is 4.90 Å². The second-order valence-corrected chi connectivity index (χ2v) is 4.37. The van der Waals surface area contributed by atoms with Crippen molar-refractivity contribution in [3.63, 3.8) is 0 Å². The first-order valence-corrected chi connectivity index (χ1v) is 5.03. The number of aliphatic hydroxyl groups excluding tert-OH is 1. The maximum absolute atomic E-state index is 9.20. The standard InChI is InChI=1S/C10H21NO/c1-10(2,9-12)11-7-5-3-4-6-8-11/h12H,3-9H2,1-2H3. The molecule has 0 amide bonds. The smallest absolute Gasteiger partial charge is 0.0610 e. The summed E-state index contributed by atoms with van der Waals surface area (Å²) in [5, 5.41) is 9.20. The molecular weight excluding hydrogens is 150 g/mol. The topological polar surface area (TPSA) is 23.5 Å². The Hall–Kier alpha value is -0.0800. The molecule has 0 aromatic rings. The molecule has 0 aromatic carbocycles. The quantitative estimate of drug-likeness (QED) is 0.682. The lowest BCUT2D eigenvalue weighted by Crippen LogP contribution is -2.47. The van der Waals surface area contributed by atoms with E-state index in [9.17, 15) is 5.11 Å². The van der Waals surface area contributed by atoms with Crippen LogP contribution in [0.15, 0.2) is 0 Å². The number of aliphatic hydroxyl groups is 1. The SMILES string of the molecule is CC(C)(CO)N1CCCCCC1. The average Bonchev–Trinajstić information content (AvgIpc) is 2.32. The lowest BCUT2D eigenvalue weighted by molar-refractivity contribution is 0.0600. The molecule has 0 bridgehead atoms. The van der Waals surface area contributed by atoms with Gasteiger partial charge >= 0.3 is 0 Å². The van der Waals surface area contributed by atoms with Crippen LogP contribution in [-0.4, -0.2) is 35.2 Å². The average molecular weight is 171 g/mol. The number of hydrogen-bond donors (Lipinski definition) is 1. The summed E-state index contributed by atoms with van der Waals surface area (Å²) in [4.78, 5) is 2.42. The Morgan fingerprint density at radius 2 is 1.58 bits per heavy atom. The van der Waals surface area contributed by atoms with Crippen molar-refractivity contribution in [1.29, 1.82) is 0 Å². The van der Waals surface area contributed by atoms with Crippen molar-refractivity contribution in [3.05, 3.63) is 0 Å². The maximum Gasteiger partial charge on any atom is 0.0610 e. The molecule has 1 N–H and O–H groups in total. The molecule has 1 aliphatic heterocycles. The Labute approximate surface area is 75.6 Å². The summed E-state index contributed by atoms with van der Waals surface area (Å²) in [6.45, 7) is 6.84. The van der Waals surface area contributed by atoms with E-state index in [2.05, 4.69) is 18.7 Å². The molecule has 0 radical (unpaired) electrons. The van der Waals surface area contributed by atoms with E-state index in [-0.39, 0.29) is 12.1 Å². The highest BCUT2D eigenvalue weighted by molar-refractivity contribution is 4.81. The molecule has 72 valence electrons. The number of rotatable bonds is 2. The van der Waals surface area contributed by atoms with E-state index in [4.69, 9.17) is 0 Å². The third-order valence-corrected chi connectivity index (χ3v) is 2.85. The molecule has 0 aliphatic carbocycles. The molecule has 0 spiro atoms. The van der Waals surface area contributed by atoms with E-state index in [0.717, 1.165) is 13.1 Å². The van der Waals surface area contributed by atoms with Crippen molar-refractivity contribution in [2.24, 2.45) is 0 Å². The van der Waals surface area contributed by atoms with Crippen LogP contribution in [0.5, 0.6) is 0 Å². The Balaban J connectivity index is 2.47. The van der Waals surface area contributed by atoms with Crippen LogP contribution in [0.2, 0.25) is 0 Å². The second kappa shape index (κ2) is 4.24. The molecule has 0 atom stereocenters. The minimum Gasteiger partial charge on any atom is -0.394 e. The summed E-state index contributed by atoms with van der Waals surface area (Å²) in [6.07, 6.45) is 5.31. The largest absolute Gasteiger partial charge is 0.394 e. The van der Waals surface area contributed by atoms with Crippen LogP contribution in [0.1, 0.15) is 39.5 Å². The maximum atomic E-state index is 9.20. The lowest BCUT2D eigenvalue weighted by atomic mass is 10.0. The second-order valence-electron chi connectivity index (χ2n) is 4.37. The molecule has 12 heavy (non-hydrogen) atoms. The molecule has 2 heteroatoms. The summed E-state index contributed by atoms with van der Waals surface area (Å²) in [5.41, 5.74) is -0.00958. The summed E-state index contributed by atoms with van der Waals surface area (Å²) < 4.78 is 0. The van der Waals surface area contributed by atoms with Gasteiger partial charge in [0.1, 0.15) is 0 Å². The highest BCUT2D eigenvalue weighted by atomic mass is 16.3. The molecule has 0 saturated carbocycles. The van der Waals surface area contributed by atoms with E-state index >= 15 is 0 Å². The monoisotopic (exact) mass is 171 g/mol. The van der Waals surface area contributed by atoms with E-state index in [1.54, 1.807) is 0 Å². The Bertz CT molecular complexity index is 126. The Morgan fingerprint density at radius 1 is 1.08 bits per heavy atom. The fourth-order valence-electron chi connectivity index (χ4n) is 1.78. The zero-order chi connectivity index (χ0) is 9.03. The summed E-state index contributed by atoms with van der Waals surface area (Å²) in [6, 6.07) is 0. The number of nitrogens with zero attached hydrogens (tertiary/aromatic N) is 1.